The summed E-state index contributed by atoms with van der Waals surface area (Å²) in [6.45, 7) is 0. The van der Waals surface area contributed by atoms with E-state index in [0.29, 0.717) is 23.6 Å². The number of halogens is 1. The zero-order valence-corrected chi connectivity index (χ0v) is 13.4. The van der Waals surface area contributed by atoms with Gasteiger partial charge >= 0.3 is 5.97 Å². The molecule has 1 aromatic rings. The van der Waals surface area contributed by atoms with E-state index in [1.54, 1.807) is 0 Å². The molecule has 116 valence electrons. The summed E-state index contributed by atoms with van der Waals surface area (Å²) in [4.78, 5) is 12.1. The lowest BCUT2D eigenvalue weighted by molar-refractivity contribution is -0.151. The highest BCUT2D eigenvalue weighted by molar-refractivity contribution is 6.18. The Morgan fingerprint density at radius 3 is 2.64 bits per heavy atom. The number of carboxylic acids is 1. The van der Waals surface area contributed by atoms with Gasteiger partial charge in [0.15, 0.2) is 0 Å². The average molecular weight is 317 g/mol. The third kappa shape index (κ3) is 1.22. The third-order valence-corrected chi connectivity index (χ3v) is 8.24. The van der Waals surface area contributed by atoms with Crippen molar-refractivity contribution in [2.45, 2.75) is 37.5 Å². The van der Waals surface area contributed by atoms with E-state index in [2.05, 4.69) is 30.3 Å². The highest BCUT2D eigenvalue weighted by atomic mass is 35.5. The van der Waals surface area contributed by atoms with Crippen LogP contribution in [-0.4, -0.2) is 17.0 Å². The van der Waals surface area contributed by atoms with Gasteiger partial charge in [-0.25, -0.2) is 0 Å². The molecule has 0 aromatic heterocycles. The van der Waals surface area contributed by atoms with Crippen molar-refractivity contribution in [3.63, 3.8) is 0 Å². The Kier molecular flexibility index (Phi) is 2.38. The predicted molar refractivity (Wildman–Crippen MR) is 84.9 cm³/mol. The van der Waals surface area contributed by atoms with Gasteiger partial charge in [-0.3, -0.25) is 4.79 Å². The molecule has 4 fully saturated rings. The van der Waals surface area contributed by atoms with Crippen LogP contribution in [0, 0.1) is 28.6 Å². The van der Waals surface area contributed by atoms with Crippen LogP contribution >= 0.6 is 11.6 Å². The SMILES string of the molecule is O=C(O)C12CC3CC4(C1)C(CC4(c1ccccc1)C2)C3CCl. The zero-order chi connectivity index (χ0) is 15.2. The minimum atomic E-state index is -0.560. The van der Waals surface area contributed by atoms with Gasteiger partial charge in [-0.15, -0.1) is 11.6 Å². The van der Waals surface area contributed by atoms with Crippen LogP contribution in [0.5, 0.6) is 0 Å². The summed E-state index contributed by atoms with van der Waals surface area (Å²) >= 11 is 6.30. The van der Waals surface area contributed by atoms with Crippen LogP contribution in [-0.2, 0) is 10.2 Å². The smallest absolute Gasteiger partial charge is 0.309 e. The van der Waals surface area contributed by atoms with Crippen LogP contribution in [0.3, 0.4) is 0 Å². The maximum Gasteiger partial charge on any atom is 0.309 e. The summed E-state index contributed by atoms with van der Waals surface area (Å²) in [7, 11) is 0. The van der Waals surface area contributed by atoms with Crippen molar-refractivity contribution < 1.29 is 9.90 Å². The van der Waals surface area contributed by atoms with Gasteiger partial charge in [0.2, 0.25) is 0 Å². The molecular formula is C19H21ClO2. The first-order chi connectivity index (χ1) is 10.6. The lowest BCUT2D eigenvalue weighted by atomic mass is 9.43. The van der Waals surface area contributed by atoms with E-state index in [1.807, 2.05) is 0 Å². The lowest BCUT2D eigenvalue weighted by Gasteiger charge is -2.60. The fourth-order valence-corrected chi connectivity index (χ4v) is 7.79. The van der Waals surface area contributed by atoms with Crippen LogP contribution < -0.4 is 0 Å². The summed E-state index contributed by atoms with van der Waals surface area (Å²) in [6, 6.07) is 10.7. The van der Waals surface area contributed by atoms with E-state index in [0.717, 1.165) is 25.7 Å². The van der Waals surface area contributed by atoms with Crippen molar-refractivity contribution >= 4 is 17.6 Å². The minimum absolute atomic E-state index is 0.104. The standard InChI is InChI=1S/C19H21ClO2/c20-9-14-12-6-17(16(21)22)10-18(13-4-2-1-3-5-13)8-15(14)19(18,7-12)11-17/h1-5,12,14-15H,6-11H2,(H,21,22). The van der Waals surface area contributed by atoms with E-state index in [9.17, 15) is 9.90 Å². The Labute approximate surface area is 135 Å². The van der Waals surface area contributed by atoms with Crippen LogP contribution in [0.1, 0.15) is 37.7 Å². The van der Waals surface area contributed by atoms with Crippen molar-refractivity contribution in [3.8, 4) is 0 Å². The van der Waals surface area contributed by atoms with Crippen molar-refractivity contribution in [2.75, 3.05) is 5.88 Å². The molecular weight excluding hydrogens is 296 g/mol. The molecule has 0 aliphatic heterocycles. The third-order valence-electron chi connectivity index (χ3n) is 7.89. The molecule has 0 radical (unpaired) electrons. The molecule has 6 unspecified atom stereocenters. The molecule has 0 amide bonds. The number of hydrogen-bond acceptors (Lipinski definition) is 1. The normalized spacial score (nSPS) is 50.7. The first-order valence-corrected chi connectivity index (χ1v) is 8.95. The average Bonchev–Trinajstić information content (AvgIpc) is 2.80. The zero-order valence-electron chi connectivity index (χ0n) is 12.6. The number of rotatable bonds is 3. The summed E-state index contributed by atoms with van der Waals surface area (Å²) in [6.07, 6.45) is 4.95. The maximum absolute atomic E-state index is 12.1. The molecule has 22 heavy (non-hydrogen) atoms. The summed E-state index contributed by atoms with van der Waals surface area (Å²) in [5.41, 5.74) is 1.21. The van der Waals surface area contributed by atoms with Gasteiger partial charge in [0.05, 0.1) is 5.41 Å². The van der Waals surface area contributed by atoms with Crippen LogP contribution in [0.15, 0.2) is 30.3 Å². The number of carboxylic acid groups (broad SMARTS) is 1. The number of carbonyl (C=O) groups is 1. The number of benzene rings is 1. The second kappa shape index (κ2) is 3.90. The van der Waals surface area contributed by atoms with E-state index < -0.39 is 11.4 Å². The van der Waals surface area contributed by atoms with Gasteiger partial charge in [-0.2, -0.15) is 0 Å². The second-order valence-electron chi connectivity index (χ2n) is 8.34. The van der Waals surface area contributed by atoms with E-state index in [1.165, 1.54) is 12.0 Å². The molecule has 3 bridgehead atoms. The van der Waals surface area contributed by atoms with Gasteiger partial charge in [-0.05, 0) is 60.8 Å². The fourth-order valence-electron chi connectivity index (χ4n) is 7.32. The van der Waals surface area contributed by atoms with Crippen LogP contribution in [0.2, 0.25) is 0 Å². The topological polar surface area (TPSA) is 37.3 Å². The lowest BCUT2D eigenvalue weighted by Crippen LogP contribution is -2.56. The number of fused-ring (bicyclic) bond motifs is 2. The molecule has 5 rings (SSSR count). The quantitative estimate of drug-likeness (QED) is 0.853. The molecule has 4 aliphatic carbocycles. The second-order valence-corrected chi connectivity index (χ2v) is 8.65. The van der Waals surface area contributed by atoms with Gasteiger partial charge in [0.1, 0.15) is 0 Å². The summed E-state index contributed by atoms with van der Waals surface area (Å²) < 4.78 is 0. The molecule has 3 heteroatoms. The predicted octanol–water partition coefficient (Wildman–Crippen LogP) is 4.07. The molecule has 2 nitrogen and oxygen atoms in total. The van der Waals surface area contributed by atoms with Crippen molar-refractivity contribution in [3.05, 3.63) is 35.9 Å². The molecule has 1 spiro atoms. The van der Waals surface area contributed by atoms with Crippen LogP contribution in [0.25, 0.3) is 0 Å². The van der Waals surface area contributed by atoms with Crippen molar-refractivity contribution in [1.82, 2.24) is 0 Å². The number of alkyl halides is 1. The highest BCUT2D eigenvalue weighted by Crippen LogP contribution is 2.85. The molecule has 6 atom stereocenters. The minimum Gasteiger partial charge on any atom is -0.481 e. The summed E-state index contributed by atoms with van der Waals surface area (Å²) in [5, 5.41) is 10.00. The largest absolute Gasteiger partial charge is 0.481 e. The first-order valence-electron chi connectivity index (χ1n) is 8.42. The molecule has 4 saturated carbocycles. The van der Waals surface area contributed by atoms with Crippen molar-refractivity contribution in [2.24, 2.45) is 28.6 Å². The molecule has 4 aliphatic rings. The first kappa shape index (κ1) is 13.4. The Hall–Kier alpha value is -1.02. The fraction of sp³-hybridized carbons (Fsp3) is 0.632. The van der Waals surface area contributed by atoms with Gasteiger partial charge in [0.25, 0.3) is 0 Å². The number of hydrogen-bond donors (Lipinski definition) is 1. The van der Waals surface area contributed by atoms with E-state index in [4.69, 9.17) is 11.6 Å². The Morgan fingerprint density at radius 1 is 1.18 bits per heavy atom. The van der Waals surface area contributed by atoms with E-state index >= 15 is 0 Å². The van der Waals surface area contributed by atoms with Gasteiger partial charge < -0.3 is 5.11 Å². The monoisotopic (exact) mass is 316 g/mol. The highest BCUT2D eigenvalue weighted by Gasteiger charge is 2.81. The maximum atomic E-state index is 12.1. The molecule has 1 aromatic carbocycles. The Bertz CT molecular complexity index is 659. The van der Waals surface area contributed by atoms with E-state index in [-0.39, 0.29) is 10.8 Å². The molecule has 1 N–H and O–H groups in total. The molecule has 0 saturated heterocycles. The number of aliphatic carboxylic acids is 1. The van der Waals surface area contributed by atoms with Gasteiger partial charge in [-0.1, -0.05) is 30.3 Å². The Morgan fingerprint density at radius 2 is 1.95 bits per heavy atom. The molecule has 0 heterocycles. The Balaban J connectivity index is 1.70. The summed E-state index contributed by atoms with van der Waals surface area (Å²) in [5.74, 6) is 1.87. The van der Waals surface area contributed by atoms with Crippen molar-refractivity contribution in [1.29, 1.82) is 0 Å². The van der Waals surface area contributed by atoms with Gasteiger partial charge in [0, 0.05) is 11.3 Å². The van der Waals surface area contributed by atoms with Crippen LogP contribution in [0.4, 0.5) is 0 Å².